The summed E-state index contributed by atoms with van der Waals surface area (Å²) in [6, 6.07) is 12.8. The maximum atomic E-state index is 12.5. The zero-order valence-corrected chi connectivity index (χ0v) is 13.6. The molecule has 0 spiro atoms. The third-order valence-corrected chi connectivity index (χ3v) is 5.00. The van der Waals surface area contributed by atoms with Gasteiger partial charge >= 0.3 is 5.71 Å². The quantitative estimate of drug-likeness (QED) is 0.618. The standard InChI is InChI=1S/C15H11ClN4O2S/c1-20-13-5-3-2-4-12(13)14(18-17)15(20)19-23(21,22)11-8-6-10(16)7-9-11/h2-9H,1H3/b19-15+. The van der Waals surface area contributed by atoms with Crippen LogP contribution in [0.2, 0.25) is 5.02 Å². The highest BCUT2D eigenvalue weighted by atomic mass is 35.5. The average molecular weight is 347 g/mol. The molecule has 0 amide bonds. The highest BCUT2D eigenvalue weighted by molar-refractivity contribution is 7.90. The SMILES string of the molecule is CN1/C(=N/S(=O)(=O)c2ccc(Cl)cc2)C(=[N+]=[N-])c2ccccc21. The van der Waals surface area contributed by atoms with Crippen LogP contribution in [0.3, 0.4) is 0 Å². The molecular weight excluding hydrogens is 336 g/mol. The van der Waals surface area contributed by atoms with Crippen molar-refractivity contribution in [2.45, 2.75) is 4.90 Å². The van der Waals surface area contributed by atoms with Gasteiger partial charge in [-0.05, 0) is 36.4 Å². The largest absolute Gasteiger partial charge is 0.367 e. The summed E-state index contributed by atoms with van der Waals surface area (Å²) in [5.41, 5.74) is 10.7. The zero-order chi connectivity index (χ0) is 16.6. The molecule has 6 nitrogen and oxygen atoms in total. The van der Waals surface area contributed by atoms with Gasteiger partial charge in [0.25, 0.3) is 10.0 Å². The number of sulfonamides is 1. The Bertz CT molecular complexity index is 961. The van der Waals surface area contributed by atoms with Crippen LogP contribution in [-0.2, 0) is 10.0 Å². The zero-order valence-electron chi connectivity index (χ0n) is 12.0. The maximum absolute atomic E-state index is 12.5. The number of hydrogen-bond acceptors (Lipinski definition) is 2. The summed E-state index contributed by atoms with van der Waals surface area (Å²) in [6.07, 6.45) is 0. The summed E-state index contributed by atoms with van der Waals surface area (Å²) in [4.78, 5) is 4.79. The van der Waals surface area contributed by atoms with Crippen LogP contribution >= 0.6 is 11.6 Å². The molecule has 1 heterocycles. The van der Waals surface area contributed by atoms with E-state index in [1.54, 1.807) is 36.2 Å². The van der Waals surface area contributed by atoms with E-state index in [2.05, 4.69) is 9.19 Å². The number of anilines is 1. The van der Waals surface area contributed by atoms with E-state index in [0.29, 0.717) is 16.3 Å². The Hall–Kier alpha value is -2.47. The van der Waals surface area contributed by atoms with Gasteiger partial charge < -0.3 is 10.4 Å². The molecule has 0 N–H and O–H groups in total. The molecule has 0 saturated carbocycles. The van der Waals surface area contributed by atoms with Gasteiger partial charge in [-0.25, -0.2) is 0 Å². The first-order valence-electron chi connectivity index (χ1n) is 6.60. The minimum Gasteiger partial charge on any atom is -0.361 e. The third kappa shape index (κ3) is 2.66. The number of benzene rings is 2. The molecule has 0 bridgehead atoms. The van der Waals surface area contributed by atoms with Gasteiger partial charge in [0.05, 0.1) is 16.1 Å². The van der Waals surface area contributed by atoms with Gasteiger partial charge in [-0.3, -0.25) is 0 Å². The van der Waals surface area contributed by atoms with Gasteiger partial charge in [0, 0.05) is 12.1 Å². The number of fused-ring (bicyclic) bond motifs is 1. The fourth-order valence-electron chi connectivity index (χ4n) is 2.34. The lowest BCUT2D eigenvalue weighted by Gasteiger charge is -2.10. The third-order valence-electron chi connectivity index (χ3n) is 3.47. The molecule has 2 aromatic rings. The minimum atomic E-state index is -3.96. The number of amidine groups is 1. The molecule has 1 aliphatic rings. The van der Waals surface area contributed by atoms with Crippen LogP contribution in [0.15, 0.2) is 57.8 Å². The number of rotatable bonds is 2. The van der Waals surface area contributed by atoms with Crippen molar-refractivity contribution in [3.8, 4) is 0 Å². The summed E-state index contributed by atoms with van der Waals surface area (Å²) in [5.74, 6) is 0.0589. The lowest BCUT2D eigenvalue weighted by Crippen LogP contribution is -2.28. The maximum Gasteiger partial charge on any atom is 0.367 e. The number of likely N-dealkylation sites (N-methyl/N-ethyl adjacent to an activating group) is 1. The van der Waals surface area contributed by atoms with Crippen LogP contribution in [0.5, 0.6) is 0 Å². The van der Waals surface area contributed by atoms with E-state index in [0.717, 1.165) is 0 Å². The first-order valence-corrected chi connectivity index (χ1v) is 8.42. The molecule has 0 aromatic heterocycles. The van der Waals surface area contributed by atoms with Crippen molar-refractivity contribution in [1.29, 1.82) is 0 Å². The smallest absolute Gasteiger partial charge is 0.361 e. The van der Waals surface area contributed by atoms with Crippen molar-refractivity contribution in [1.82, 2.24) is 0 Å². The van der Waals surface area contributed by atoms with E-state index in [4.69, 9.17) is 11.6 Å². The molecule has 8 heteroatoms. The van der Waals surface area contributed by atoms with Crippen LogP contribution in [0.4, 0.5) is 5.69 Å². The second-order valence-electron chi connectivity index (χ2n) is 4.87. The molecule has 0 fully saturated rings. The van der Waals surface area contributed by atoms with Crippen molar-refractivity contribution < 1.29 is 13.2 Å². The molecular formula is C15H11ClN4O2S. The average Bonchev–Trinajstić information content (AvgIpc) is 2.80. The Balaban J connectivity index is 2.13. The van der Waals surface area contributed by atoms with E-state index < -0.39 is 10.0 Å². The van der Waals surface area contributed by atoms with E-state index in [-0.39, 0.29) is 16.4 Å². The number of nitrogens with zero attached hydrogens (tertiary/aromatic N) is 4. The molecule has 2 aromatic carbocycles. The summed E-state index contributed by atoms with van der Waals surface area (Å²) >= 11 is 5.77. The molecule has 3 rings (SSSR count). The minimum absolute atomic E-state index is 0.0102. The summed E-state index contributed by atoms with van der Waals surface area (Å²) in [7, 11) is -2.30. The Kier molecular flexibility index (Phi) is 3.77. The van der Waals surface area contributed by atoms with Crippen LogP contribution in [-0.4, -0.2) is 31.8 Å². The Morgan fingerprint density at radius 1 is 1.13 bits per heavy atom. The first kappa shape index (κ1) is 15.4. The van der Waals surface area contributed by atoms with Crippen molar-refractivity contribution >= 4 is 38.9 Å². The lowest BCUT2D eigenvalue weighted by molar-refractivity contribution is -0.000201. The number of hydrogen-bond donors (Lipinski definition) is 0. The van der Waals surface area contributed by atoms with Gasteiger partial charge in [-0.15, -0.1) is 4.40 Å². The van der Waals surface area contributed by atoms with Crippen molar-refractivity contribution in [2.24, 2.45) is 4.40 Å². The van der Waals surface area contributed by atoms with Crippen molar-refractivity contribution in [3.63, 3.8) is 0 Å². The second kappa shape index (κ2) is 5.62. The Labute approximate surface area is 138 Å². The van der Waals surface area contributed by atoms with Crippen LogP contribution in [0.1, 0.15) is 5.56 Å². The number of para-hydroxylation sites is 1. The topological polar surface area (TPSA) is 86.1 Å². The predicted octanol–water partition coefficient (Wildman–Crippen LogP) is 2.60. The molecule has 23 heavy (non-hydrogen) atoms. The van der Waals surface area contributed by atoms with E-state index in [1.165, 1.54) is 24.3 Å². The molecule has 0 aliphatic carbocycles. The van der Waals surface area contributed by atoms with E-state index in [9.17, 15) is 13.9 Å². The van der Waals surface area contributed by atoms with Gasteiger partial charge in [-0.1, -0.05) is 23.7 Å². The molecule has 1 aliphatic heterocycles. The normalized spacial score (nSPS) is 15.7. The van der Waals surface area contributed by atoms with E-state index in [1.807, 2.05) is 0 Å². The molecule has 0 unspecified atom stereocenters. The van der Waals surface area contributed by atoms with Gasteiger partial charge in [-0.2, -0.15) is 13.2 Å². The highest BCUT2D eigenvalue weighted by Gasteiger charge is 2.37. The summed E-state index contributed by atoms with van der Waals surface area (Å²) in [6.45, 7) is 0. The fraction of sp³-hybridized carbons (Fsp3) is 0.0667. The molecule has 0 radical (unpaired) electrons. The Morgan fingerprint density at radius 2 is 1.78 bits per heavy atom. The van der Waals surface area contributed by atoms with Crippen molar-refractivity contribution in [2.75, 3.05) is 11.9 Å². The Morgan fingerprint density at radius 3 is 2.43 bits per heavy atom. The monoisotopic (exact) mass is 346 g/mol. The van der Waals surface area contributed by atoms with Gasteiger partial charge in [0.2, 0.25) is 5.84 Å². The summed E-state index contributed by atoms with van der Waals surface area (Å²) < 4.78 is 28.8. The van der Waals surface area contributed by atoms with Crippen LogP contribution in [0, 0.1) is 0 Å². The second-order valence-corrected chi connectivity index (χ2v) is 6.91. The van der Waals surface area contributed by atoms with E-state index >= 15 is 0 Å². The first-order chi connectivity index (χ1) is 10.9. The van der Waals surface area contributed by atoms with Crippen LogP contribution < -0.4 is 4.90 Å². The molecule has 0 atom stereocenters. The van der Waals surface area contributed by atoms with Crippen LogP contribution in [0.25, 0.3) is 5.53 Å². The molecule has 116 valence electrons. The summed E-state index contributed by atoms with van der Waals surface area (Å²) in [5, 5.41) is 0.430. The fourth-order valence-corrected chi connectivity index (χ4v) is 3.48. The predicted molar refractivity (Wildman–Crippen MR) is 88.6 cm³/mol. The highest BCUT2D eigenvalue weighted by Crippen LogP contribution is 2.28. The molecule has 0 saturated heterocycles. The van der Waals surface area contributed by atoms with Gasteiger partial charge in [0.15, 0.2) is 0 Å². The lowest BCUT2D eigenvalue weighted by atomic mass is 10.1. The van der Waals surface area contributed by atoms with Gasteiger partial charge in [0.1, 0.15) is 0 Å². The van der Waals surface area contributed by atoms with Crippen molar-refractivity contribution in [3.05, 3.63) is 64.6 Å². The number of halogens is 1.